The smallest absolute Gasteiger partial charge is 0.339 e. The second-order valence-corrected chi connectivity index (χ2v) is 9.27. The van der Waals surface area contributed by atoms with E-state index in [2.05, 4.69) is 0 Å². The van der Waals surface area contributed by atoms with Crippen LogP contribution in [-0.2, 0) is 4.74 Å². The molecule has 42 heavy (non-hydrogen) atoms. The van der Waals surface area contributed by atoms with Gasteiger partial charge in [0.25, 0.3) is 23.2 Å². The molecule has 2 amide bonds. The summed E-state index contributed by atoms with van der Waals surface area (Å²) in [5.41, 5.74) is -0.530. The second kappa shape index (κ2) is 10.8. The maximum atomic E-state index is 13.4. The number of ether oxygens (including phenoxy) is 1. The largest absolute Gasteiger partial charge is 0.445 e. The third-order valence-corrected chi connectivity index (χ3v) is 6.70. The van der Waals surface area contributed by atoms with Gasteiger partial charge in [0.1, 0.15) is 5.56 Å². The number of nitro groups is 2. The molecule has 0 N–H and O–H groups in total. The Morgan fingerprint density at radius 1 is 0.786 bits per heavy atom. The van der Waals surface area contributed by atoms with E-state index >= 15 is 0 Å². The normalized spacial score (nSPS) is 12.9. The summed E-state index contributed by atoms with van der Waals surface area (Å²) < 4.78 is 5.63. The zero-order valence-corrected chi connectivity index (χ0v) is 21.8. The molecule has 4 aromatic carbocycles. The number of hydrogen-bond acceptors (Lipinski definition) is 9. The zero-order chi connectivity index (χ0) is 30.1. The zero-order valence-electron chi connectivity index (χ0n) is 21.8. The number of ketones is 1. The molecular formula is C30H19N3O9. The molecule has 12 nitrogen and oxygen atoms in total. The minimum absolute atomic E-state index is 0.00576. The molecule has 0 saturated carbocycles. The van der Waals surface area contributed by atoms with Crippen molar-refractivity contribution < 1.29 is 33.8 Å². The fourth-order valence-electron chi connectivity index (χ4n) is 4.59. The number of nitro benzene ring substituents is 2. The highest BCUT2D eigenvalue weighted by Crippen LogP contribution is 2.36. The molecule has 5 rings (SSSR count). The average Bonchev–Trinajstić information content (AvgIpc) is 3.25. The maximum Gasteiger partial charge on any atom is 0.339 e. The van der Waals surface area contributed by atoms with Crippen molar-refractivity contribution in [3.05, 3.63) is 145 Å². The number of anilines is 1. The number of hydrogen-bond donors (Lipinski definition) is 0. The Labute approximate surface area is 237 Å². The lowest BCUT2D eigenvalue weighted by Crippen LogP contribution is -2.30. The van der Waals surface area contributed by atoms with Gasteiger partial charge in [-0.3, -0.25) is 34.6 Å². The number of benzene rings is 4. The van der Waals surface area contributed by atoms with Crippen LogP contribution in [0.4, 0.5) is 17.1 Å². The monoisotopic (exact) mass is 565 g/mol. The highest BCUT2D eigenvalue weighted by molar-refractivity contribution is 6.36. The number of amides is 2. The van der Waals surface area contributed by atoms with Crippen LogP contribution in [0.5, 0.6) is 0 Å². The fourth-order valence-corrected chi connectivity index (χ4v) is 4.59. The third-order valence-electron chi connectivity index (χ3n) is 6.70. The van der Waals surface area contributed by atoms with E-state index in [0.29, 0.717) is 5.56 Å². The summed E-state index contributed by atoms with van der Waals surface area (Å²) >= 11 is 0. The van der Waals surface area contributed by atoms with Crippen molar-refractivity contribution in [1.29, 1.82) is 0 Å². The number of carbonyl (C=O) groups is 4. The molecule has 0 aliphatic carbocycles. The standard InChI is InChI=1S/C30H19N3O9/c1-17-10-11-20(16-24(17)31-28(35)22-8-5-9-23(33(40)41)25(22)29(31)36)30(37)42-27(26(34)18-6-3-2-4-7-18)19-12-14-21(15-13-19)32(38)39/h2-16,27H,1H3/t27-/m0/s1. The Bertz CT molecular complexity index is 1800. The molecule has 1 atom stereocenters. The van der Waals surface area contributed by atoms with Gasteiger partial charge in [-0.25, -0.2) is 9.69 Å². The van der Waals surface area contributed by atoms with Gasteiger partial charge in [-0.1, -0.05) is 42.5 Å². The van der Waals surface area contributed by atoms with Crippen molar-refractivity contribution in [2.45, 2.75) is 13.0 Å². The quantitative estimate of drug-likeness (QED) is 0.0894. The van der Waals surface area contributed by atoms with Gasteiger partial charge in [0.2, 0.25) is 5.78 Å². The number of carbonyl (C=O) groups excluding carboxylic acids is 4. The number of fused-ring (bicyclic) bond motifs is 1. The summed E-state index contributed by atoms with van der Waals surface area (Å²) in [4.78, 5) is 75.2. The van der Waals surface area contributed by atoms with E-state index in [1.807, 2.05) is 0 Å². The van der Waals surface area contributed by atoms with Crippen molar-refractivity contribution >= 4 is 40.6 Å². The lowest BCUT2D eigenvalue weighted by molar-refractivity contribution is -0.385. The van der Waals surface area contributed by atoms with Crippen LogP contribution < -0.4 is 4.90 Å². The average molecular weight is 565 g/mol. The van der Waals surface area contributed by atoms with Crippen LogP contribution in [0.15, 0.2) is 91.0 Å². The second-order valence-electron chi connectivity index (χ2n) is 9.27. The Kier molecular flexibility index (Phi) is 7.11. The molecule has 0 radical (unpaired) electrons. The molecule has 4 aromatic rings. The first-order valence-corrected chi connectivity index (χ1v) is 12.4. The van der Waals surface area contributed by atoms with Crippen molar-refractivity contribution in [1.82, 2.24) is 0 Å². The van der Waals surface area contributed by atoms with Gasteiger partial charge in [0, 0.05) is 29.3 Å². The molecule has 1 aliphatic rings. The maximum absolute atomic E-state index is 13.4. The summed E-state index contributed by atoms with van der Waals surface area (Å²) in [7, 11) is 0. The number of Topliss-reactive ketones (excluding diaryl/α,β-unsaturated/α-hetero) is 1. The van der Waals surface area contributed by atoms with E-state index in [4.69, 9.17) is 4.74 Å². The van der Waals surface area contributed by atoms with E-state index in [0.717, 1.165) is 11.0 Å². The topological polar surface area (TPSA) is 167 Å². The minimum atomic E-state index is -1.48. The number of esters is 1. The molecule has 1 heterocycles. The predicted octanol–water partition coefficient (Wildman–Crippen LogP) is 5.39. The van der Waals surface area contributed by atoms with E-state index in [-0.39, 0.29) is 39.2 Å². The number of non-ortho nitro benzene ring substituents is 1. The lowest BCUT2D eigenvalue weighted by Gasteiger charge is -2.20. The summed E-state index contributed by atoms with van der Waals surface area (Å²) in [6.45, 7) is 1.58. The van der Waals surface area contributed by atoms with Crippen molar-refractivity contribution in [3.8, 4) is 0 Å². The summed E-state index contributed by atoms with van der Waals surface area (Å²) in [6.07, 6.45) is -1.48. The Morgan fingerprint density at radius 2 is 1.48 bits per heavy atom. The molecule has 0 bridgehead atoms. The van der Waals surface area contributed by atoms with Gasteiger partial charge in [-0.2, -0.15) is 0 Å². The van der Waals surface area contributed by atoms with Crippen LogP contribution in [0.2, 0.25) is 0 Å². The highest BCUT2D eigenvalue weighted by Gasteiger charge is 2.42. The first-order chi connectivity index (χ1) is 20.1. The number of imide groups is 1. The summed E-state index contributed by atoms with van der Waals surface area (Å²) in [5.74, 6) is -3.28. The molecule has 208 valence electrons. The van der Waals surface area contributed by atoms with Gasteiger partial charge in [-0.15, -0.1) is 0 Å². The molecule has 0 spiro atoms. The van der Waals surface area contributed by atoms with Crippen LogP contribution in [0, 0.1) is 27.2 Å². The molecule has 0 aromatic heterocycles. The SMILES string of the molecule is Cc1ccc(C(=O)O[C@H](C(=O)c2ccccc2)c2ccc([N+](=O)[O-])cc2)cc1N1C(=O)c2cccc([N+](=O)[O-])c2C1=O. The molecule has 1 aliphatic heterocycles. The first kappa shape index (κ1) is 27.5. The van der Waals surface area contributed by atoms with Crippen LogP contribution in [0.1, 0.15) is 58.7 Å². The van der Waals surface area contributed by atoms with Crippen LogP contribution >= 0.6 is 0 Å². The molecule has 0 fully saturated rings. The van der Waals surface area contributed by atoms with E-state index in [1.165, 1.54) is 66.7 Å². The van der Waals surface area contributed by atoms with Crippen LogP contribution in [0.25, 0.3) is 0 Å². The van der Waals surface area contributed by atoms with Crippen molar-refractivity contribution in [2.75, 3.05) is 4.90 Å². The fraction of sp³-hybridized carbons (Fsp3) is 0.0667. The lowest BCUT2D eigenvalue weighted by atomic mass is 9.99. The van der Waals surface area contributed by atoms with Crippen molar-refractivity contribution in [3.63, 3.8) is 0 Å². The van der Waals surface area contributed by atoms with Gasteiger partial charge in [0.15, 0.2) is 6.10 Å². The number of nitrogens with zero attached hydrogens (tertiary/aromatic N) is 3. The van der Waals surface area contributed by atoms with Gasteiger partial charge < -0.3 is 4.74 Å². The number of rotatable bonds is 8. The molecule has 12 heteroatoms. The number of aryl methyl sites for hydroxylation is 1. The van der Waals surface area contributed by atoms with Gasteiger partial charge >= 0.3 is 5.97 Å². The Morgan fingerprint density at radius 3 is 2.12 bits per heavy atom. The third kappa shape index (κ3) is 4.88. The Hall–Kier alpha value is -6.04. The Balaban J connectivity index is 1.50. The van der Waals surface area contributed by atoms with Gasteiger partial charge in [-0.05, 0) is 42.8 Å². The van der Waals surface area contributed by atoms with E-state index in [1.54, 1.807) is 25.1 Å². The molecule has 0 saturated heterocycles. The summed E-state index contributed by atoms with van der Waals surface area (Å²) in [5, 5.41) is 22.6. The van der Waals surface area contributed by atoms with Crippen LogP contribution in [0.3, 0.4) is 0 Å². The predicted molar refractivity (Wildman–Crippen MR) is 147 cm³/mol. The molecule has 0 unspecified atom stereocenters. The van der Waals surface area contributed by atoms with Gasteiger partial charge in [0.05, 0.1) is 26.7 Å². The summed E-state index contributed by atoms with van der Waals surface area (Å²) in [6, 6.07) is 20.8. The molecular weight excluding hydrogens is 546 g/mol. The minimum Gasteiger partial charge on any atom is -0.445 e. The van der Waals surface area contributed by atoms with Crippen molar-refractivity contribution in [2.24, 2.45) is 0 Å². The first-order valence-electron chi connectivity index (χ1n) is 12.4. The van der Waals surface area contributed by atoms with E-state index in [9.17, 15) is 39.4 Å². The van der Waals surface area contributed by atoms with Crippen LogP contribution in [-0.4, -0.2) is 33.4 Å². The highest BCUT2D eigenvalue weighted by atomic mass is 16.6. The van der Waals surface area contributed by atoms with E-state index < -0.39 is 45.2 Å².